The summed E-state index contributed by atoms with van der Waals surface area (Å²) in [5, 5.41) is 5.85. The number of hydrogen-bond acceptors (Lipinski definition) is 7. The van der Waals surface area contributed by atoms with Gasteiger partial charge >= 0.3 is 0 Å². The Morgan fingerprint density at radius 3 is 2.39 bits per heavy atom. The van der Waals surface area contributed by atoms with Gasteiger partial charge in [0.15, 0.2) is 17.4 Å². The Balaban J connectivity index is 1.34. The Kier molecular flexibility index (Phi) is 7.39. The van der Waals surface area contributed by atoms with E-state index in [2.05, 4.69) is 39.3 Å². The topological polar surface area (TPSA) is 65.6 Å². The third-order valence-corrected chi connectivity index (χ3v) is 8.34. The molecule has 1 saturated heterocycles. The van der Waals surface area contributed by atoms with E-state index in [1.807, 2.05) is 0 Å². The van der Waals surface area contributed by atoms with Crippen molar-refractivity contribution < 1.29 is 22.3 Å². The molecule has 0 radical (unpaired) electrons. The van der Waals surface area contributed by atoms with Gasteiger partial charge in [-0.3, -0.25) is 0 Å². The number of anilines is 4. The number of ether oxygens (including phenoxy) is 1. The summed E-state index contributed by atoms with van der Waals surface area (Å²) in [7, 11) is 0. The van der Waals surface area contributed by atoms with Crippen LogP contribution in [0, 0.1) is 23.3 Å². The Morgan fingerprint density at radius 1 is 0.902 bits per heavy atom. The number of aromatic nitrogens is 2. The Morgan fingerprint density at radius 2 is 1.66 bits per heavy atom. The summed E-state index contributed by atoms with van der Waals surface area (Å²) in [5.74, 6) is -2.67. The van der Waals surface area contributed by atoms with Crippen molar-refractivity contribution in [1.29, 1.82) is 0 Å². The van der Waals surface area contributed by atoms with E-state index in [4.69, 9.17) is 4.74 Å². The average molecular weight is 571 g/mol. The van der Waals surface area contributed by atoms with Crippen LogP contribution in [0.2, 0.25) is 0 Å². The van der Waals surface area contributed by atoms with Crippen LogP contribution < -0.4 is 25.2 Å². The lowest BCUT2D eigenvalue weighted by Gasteiger charge is -2.52. The summed E-state index contributed by atoms with van der Waals surface area (Å²) in [6.45, 7) is 7.00. The molecule has 0 atom stereocenters. The molecule has 0 amide bonds. The third kappa shape index (κ3) is 5.16. The van der Waals surface area contributed by atoms with E-state index in [0.29, 0.717) is 38.5 Å². The molecule has 2 fully saturated rings. The van der Waals surface area contributed by atoms with Gasteiger partial charge in [0.2, 0.25) is 5.95 Å². The lowest BCUT2D eigenvalue weighted by atomic mass is 9.78. The number of piperazine rings is 1. The van der Waals surface area contributed by atoms with Crippen LogP contribution in [-0.2, 0) is 0 Å². The average Bonchev–Trinajstić information content (AvgIpc) is 2.96. The van der Waals surface area contributed by atoms with Gasteiger partial charge in [-0.2, -0.15) is 0 Å². The van der Waals surface area contributed by atoms with Gasteiger partial charge in [0.1, 0.15) is 23.9 Å². The molecule has 2 aliphatic heterocycles. The normalized spacial score (nSPS) is 18.4. The van der Waals surface area contributed by atoms with Crippen LogP contribution >= 0.6 is 0 Å². The van der Waals surface area contributed by atoms with Crippen molar-refractivity contribution in [3.05, 3.63) is 53.7 Å². The van der Waals surface area contributed by atoms with E-state index in [9.17, 15) is 4.39 Å². The molecule has 1 aliphatic carbocycles. The van der Waals surface area contributed by atoms with Crippen LogP contribution in [-0.4, -0.2) is 54.3 Å². The van der Waals surface area contributed by atoms with Crippen molar-refractivity contribution in [1.82, 2.24) is 15.3 Å². The van der Waals surface area contributed by atoms with Gasteiger partial charge < -0.3 is 25.2 Å². The second-order valence-electron chi connectivity index (χ2n) is 11.4. The SMILES string of the molecule is CC(C)N1c2cc(-c3nc(Nc4cc(F)c(N5CCNCC5)cc4F)ncc3F)cc(F)c2OCC12CCCCC2. The first-order chi connectivity index (χ1) is 19.8. The summed E-state index contributed by atoms with van der Waals surface area (Å²) in [6, 6.07) is 5.12. The highest BCUT2D eigenvalue weighted by atomic mass is 19.1. The van der Waals surface area contributed by atoms with Crippen molar-refractivity contribution >= 4 is 23.0 Å². The lowest BCUT2D eigenvalue weighted by molar-refractivity contribution is 0.134. The molecule has 1 saturated carbocycles. The number of hydrogen-bond donors (Lipinski definition) is 2. The van der Waals surface area contributed by atoms with Crippen molar-refractivity contribution in [2.75, 3.05) is 47.9 Å². The highest BCUT2D eigenvalue weighted by molar-refractivity contribution is 5.74. The molecule has 2 N–H and O–H groups in total. The minimum atomic E-state index is -0.768. The molecule has 3 heterocycles. The standard InChI is InChI=1S/C30H34F4N6O/c1-18(2)40-26-13-19(12-22(33)28(26)41-17-30(40)6-4-3-5-7-30)27-23(34)16-36-29(38-27)37-24-14-21(32)25(15-20(24)31)39-10-8-35-9-11-39/h12-16,18,35H,3-11,17H2,1-2H3,(H,36,37,38). The van der Waals surface area contributed by atoms with E-state index in [0.717, 1.165) is 50.4 Å². The van der Waals surface area contributed by atoms with E-state index < -0.39 is 23.3 Å². The van der Waals surface area contributed by atoms with E-state index in [1.165, 1.54) is 6.07 Å². The summed E-state index contributed by atoms with van der Waals surface area (Å²) in [4.78, 5) is 12.2. The smallest absolute Gasteiger partial charge is 0.228 e. The molecule has 2 aromatic carbocycles. The number of nitrogens with zero attached hydrogens (tertiary/aromatic N) is 4. The summed E-state index contributed by atoms with van der Waals surface area (Å²) >= 11 is 0. The molecule has 1 spiro atoms. The Labute approximate surface area is 236 Å². The van der Waals surface area contributed by atoms with Crippen LogP contribution in [0.5, 0.6) is 5.75 Å². The zero-order chi connectivity index (χ0) is 28.7. The van der Waals surface area contributed by atoms with Crippen LogP contribution in [0.3, 0.4) is 0 Å². The van der Waals surface area contributed by atoms with Crippen molar-refractivity contribution in [3.63, 3.8) is 0 Å². The van der Waals surface area contributed by atoms with Crippen LogP contribution in [0.1, 0.15) is 46.0 Å². The van der Waals surface area contributed by atoms with Gasteiger partial charge in [-0.05, 0) is 38.8 Å². The van der Waals surface area contributed by atoms with Gasteiger partial charge in [-0.15, -0.1) is 0 Å². The first-order valence-electron chi connectivity index (χ1n) is 14.3. The van der Waals surface area contributed by atoms with Crippen LogP contribution in [0.4, 0.5) is 40.6 Å². The number of halogens is 4. The predicted molar refractivity (Wildman–Crippen MR) is 151 cm³/mol. The maximum atomic E-state index is 15.4. The minimum absolute atomic E-state index is 0.0555. The zero-order valence-corrected chi connectivity index (χ0v) is 23.2. The monoisotopic (exact) mass is 570 g/mol. The second-order valence-corrected chi connectivity index (χ2v) is 11.4. The predicted octanol–water partition coefficient (Wildman–Crippen LogP) is 6.16. The first-order valence-corrected chi connectivity index (χ1v) is 14.3. The number of nitrogens with one attached hydrogen (secondary N) is 2. The fourth-order valence-electron chi connectivity index (χ4n) is 6.52. The van der Waals surface area contributed by atoms with Gasteiger partial charge in [-0.25, -0.2) is 27.5 Å². The lowest BCUT2D eigenvalue weighted by Crippen LogP contribution is -2.59. The zero-order valence-electron chi connectivity index (χ0n) is 23.2. The molecule has 218 valence electrons. The second kappa shape index (κ2) is 11.0. The van der Waals surface area contributed by atoms with Gasteiger partial charge in [-0.1, -0.05) is 19.3 Å². The summed E-state index contributed by atoms with van der Waals surface area (Å²) in [6.07, 6.45) is 6.08. The molecule has 3 aliphatic rings. The van der Waals surface area contributed by atoms with E-state index in [1.54, 1.807) is 11.0 Å². The molecular weight excluding hydrogens is 536 g/mol. The molecule has 11 heteroatoms. The molecule has 41 heavy (non-hydrogen) atoms. The fraction of sp³-hybridized carbons (Fsp3) is 0.467. The Bertz CT molecular complexity index is 1440. The molecule has 3 aromatic rings. The molecule has 1 aromatic heterocycles. The van der Waals surface area contributed by atoms with E-state index in [-0.39, 0.29) is 45.9 Å². The molecule has 7 nitrogen and oxygen atoms in total. The van der Waals surface area contributed by atoms with Crippen molar-refractivity contribution in [2.45, 2.75) is 57.5 Å². The van der Waals surface area contributed by atoms with Crippen molar-refractivity contribution in [2.24, 2.45) is 0 Å². The number of benzene rings is 2. The molecule has 0 unspecified atom stereocenters. The highest BCUT2D eigenvalue weighted by Gasteiger charge is 2.45. The maximum absolute atomic E-state index is 15.4. The third-order valence-electron chi connectivity index (χ3n) is 8.34. The van der Waals surface area contributed by atoms with Crippen LogP contribution in [0.15, 0.2) is 30.5 Å². The molecule has 6 rings (SSSR count). The van der Waals surface area contributed by atoms with Gasteiger partial charge in [0.25, 0.3) is 0 Å². The number of rotatable bonds is 5. The van der Waals surface area contributed by atoms with Crippen LogP contribution in [0.25, 0.3) is 11.3 Å². The maximum Gasteiger partial charge on any atom is 0.228 e. The largest absolute Gasteiger partial charge is 0.486 e. The summed E-state index contributed by atoms with van der Waals surface area (Å²) in [5.41, 5.74) is 0.343. The van der Waals surface area contributed by atoms with Gasteiger partial charge in [0.05, 0.1) is 28.8 Å². The van der Waals surface area contributed by atoms with E-state index >= 15 is 13.2 Å². The quantitative estimate of drug-likeness (QED) is 0.356. The number of fused-ring (bicyclic) bond motifs is 1. The van der Waals surface area contributed by atoms with Gasteiger partial charge in [0, 0.05) is 49.9 Å². The molecule has 0 bridgehead atoms. The summed E-state index contributed by atoms with van der Waals surface area (Å²) < 4.78 is 66.5. The first kappa shape index (κ1) is 27.6. The minimum Gasteiger partial charge on any atom is -0.486 e. The molecular formula is C30H34F4N6O. The fourth-order valence-corrected chi connectivity index (χ4v) is 6.52. The Hall–Kier alpha value is -3.60. The highest BCUT2D eigenvalue weighted by Crippen LogP contribution is 2.48. The van der Waals surface area contributed by atoms with Crippen molar-refractivity contribution in [3.8, 4) is 17.0 Å².